The summed E-state index contributed by atoms with van der Waals surface area (Å²) >= 11 is 0. The number of ether oxygens (including phenoxy) is 2. The maximum atomic E-state index is 13.9. The normalized spacial score (nSPS) is 20.2. The number of rotatable bonds is 6. The molecule has 2 heterocycles. The van der Waals surface area contributed by atoms with E-state index in [9.17, 15) is 4.79 Å². The predicted octanol–water partition coefficient (Wildman–Crippen LogP) is 6.61. The lowest BCUT2D eigenvalue weighted by molar-refractivity contribution is 0.0616. The molecule has 1 saturated heterocycles. The molecule has 5 rings (SSSR count). The first kappa shape index (κ1) is 22.2. The number of Topliss-reactive ketones (excluding diaryl/α,β-unsaturated/α-hetero) is 1. The van der Waals surface area contributed by atoms with E-state index in [2.05, 4.69) is 62.7 Å². The quantitative estimate of drug-likeness (QED) is 0.401. The fraction of sp³-hybridized carbons (Fsp3) is 0.483. The summed E-state index contributed by atoms with van der Waals surface area (Å²) in [4.78, 5) is 13.9. The number of carbonyl (C=O) groups excluding carboxylic acids is 1. The van der Waals surface area contributed by atoms with Crippen molar-refractivity contribution in [2.75, 3.05) is 20.3 Å². The number of nitrogens with zero attached hydrogens (tertiary/aromatic N) is 1. The van der Waals surface area contributed by atoms with Crippen molar-refractivity contribution < 1.29 is 14.3 Å². The van der Waals surface area contributed by atoms with E-state index >= 15 is 0 Å². The van der Waals surface area contributed by atoms with Crippen molar-refractivity contribution in [1.29, 1.82) is 0 Å². The molecule has 1 aliphatic heterocycles. The lowest BCUT2D eigenvalue weighted by atomic mass is 9.97. The van der Waals surface area contributed by atoms with Crippen molar-refractivity contribution in [3.63, 3.8) is 0 Å². The van der Waals surface area contributed by atoms with Crippen LogP contribution in [0.2, 0.25) is 0 Å². The smallest absolute Gasteiger partial charge is 0.169 e. The first-order chi connectivity index (χ1) is 15.8. The molecule has 2 aromatic carbocycles. The van der Waals surface area contributed by atoms with Gasteiger partial charge in [-0.3, -0.25) is 4.79 Å². The predicted molar refractivity (Wildman–Crippen MR) is 133 cm³/mol. The average Bonchev–Trinajstić information content (AvgIpc) is 3.06. The zero-order valence-corrected chi connectivity index (χ0v) is 20.5. The van der Waals surface area contributed by atoms with Crippen molar-refractivity contribution in [1.82, 2.24) is 4.57 Å². The van der Waals surface area contributed by atoms with Gasteiger partial charge in [0.25, 0.3) is 0 Å². The summed E-state index contributed by atoms with van der Waals surface area (Å²) in [5.74, 6) is 1.75. The summed E-state index contributed by atoms with van der Waals surface area (Å²) in [7, 11) is 1.70. The second kappa shape index (κ2) is 8.02. The summed E-state index contributed by atoms with van der Waals surface area (Å²) in [5, 5.41) is 1.05. The highest BCUT2D eigenvalue weighted by molar-refractivity contribution is 6.11. The van der Waals surface area contributed by atoms with Gasteiger partial charge in [0.15, 0.2) is 5.78 Å². The van der Waals surface area contributed by atoms with Crippen LogP contribution in [0.3, 0.4) is 0 Å². The van der Waals surface area contributed by atoms with E-state index in [4.69, 9.17) is 9.47 Å². The fourth-order valence-corrected chi connectivity index (χ4v) is 5.91. The highest BCUT2D eigenvalue weighted by atomic mass is 16.5. The molecule has 0 amide bonds. The standard InChI is InChI=1S/C29H35NO3/c1-28(2)27(29(28,3)4)26(31)23-18-30(17-19-12-14-33-15-13-19)24-11-10-20(16-22(23)24)21-8-6-7-9-25(21)32-5/h6-11,16,18-19,27H,12-15,17H2,1-5H3. The van der Waals surface area contributed by atoms with E-state index in [1.54, 1.807) is 7.11 Å². The van der Waals surface area contributed by atoms with Crippen LogP contribution in [0, 0.1) is 22.7 Å². The minimum Gasteiger partial charge on any atom is -0.496 e. The van der Waals surface area contributed by atoms with Crippen LogP contribution in [-0.4, -0.2) is 30.7 Å². The molecule has 33 heavy (non-hydrogen) atoms. The molecule has 1 aromatic heterocycles. The van der Waals surface area contributed by atoms with Crippen LogP contribution in [-0.2, 0) is 11.3 Å². The number of para-hydroxylation sites is 1. The number of benzene rings is 2. The maximum absolute atomic E-state index is 13.9. The molecular weight excluding hydrogens is 410 g/mol. The van der Waals surface area contributed by atoms with Crippen LogP contribution >= 0.6 is 0 Å². The van der Waals surface area contributed by atoms with Crippen molar-refractivity contribution in [2.24, 2.45) is 22.7 Å². The molecule has 3 aromatic rings. The molecule has 4 heteroatoms. The fourth-order valence-electron chi connectivity index (χ4n) is 5.91. The zero-order valence-electron chi connectivity index (χ0n) is 20.5. The summed E-state index contributed by atoms with van der Waals surface area (Å²) in [6.07, 6.45) is 4.27. The lowest BCUT2D eigenvalue weighted by Crippen LogP contribution is -2.20. The Balaban J connectivity index is 1.61. The lowest BCUT2D eigenvalue weighted by Gasteiger charge is -2.22. The van der Waals surface area contributed by atoms with Gasteiger partial charge in [0.05, 0.1) is 7.11 Å². The summed E-state index contributed by atoms with van der Waals surface area (Å²) < 4.78 is 13.5. The van der Waals surface area contributed by atoms with Crippen LogP contribution in [0.15, 0.2) is 48.7 Å². The summed E-state index contributed by atoms with van der Waals surface area (Å²) in [6, 6.07) is 14.6. The molecule has 174 valence electrons. The third-order valence-corrected chi connectivity index (χ3v) is 8.64. The van der Waals surface area contributed by atoms with E-state index in [0.29, 0.717) is 5.92 Å². The van der Waals surface area contributed by atoms with Gasteiger partial charge in [0.1, 0.15) is 5.75 Å². The Morgan fingerprint density at radius 1 is 1.06 bits per heavy atom. The Labute approximate surface area is 196 Å². The molecule has 2 fully saturated rings. The van der Waals surface area contributed by atoms with Gasteiger partial charge in [0.2, 0.25) is 0 Å². The highest BCUT2D eigenvalue weighted by Crippen LogP contribution is 2.69. The van der Waals surface area contributed by atoms with Gasteiger partial charge in [-0.25, -0.2) is 0 Å². The second-order valence-corrected chi connectivity index (χ2v) is 10.9. The monoisotopic (exact) mass is 445 g/mol. The molecule has 4 nitrogen and oxygen atoms in total. The van der Waals surface area contributed by atoms with Crippen molar-refractivity contribution in [3.05, 3.63) is 54.2 Å². The summed E-state index contributed by atoms with van der Waals surface area (Å²) in [6.45, 7) is 11.5. The molecule has 0 unspecified atom stereocenters. The van der Waals surface area contributed by atoms with Gasteiger partial charge in [-0.15, -0.1) is 0 Å². The minimum atomic E-state index is 0.0134. The van der Waals surface area contributed by atoms with Crippen molar-refractivity contribution in [2.45, 2.75) is 47.1 Å². The molecule has 0 bridgehead atoms. The van der Waals surface area contributed by atoms with E-state index in [1.807, 2.05) is 18.2 Å². The number of aromatic nitrogens is 1. The number of fused-ring (bicyclic) bond motifs is 1. The minimum absolute atomic E-state index is 0.0134. The van der Waals surface area contributed by atoms with E-state index in [0.717, 1.165) is 65.9 Å². The van der Waals surface area contributed by atoms with Gasteiger partial charge in [-0.1, -0.05) is 52.0 Å². The molecule has 1 saturated carbocycles. The van der Waals surface area contributed by atoms with Gasteiger partial charge in [-0.05, 0) is 53.4 Å². The number of carbonyl (C=O) groups is 1. The SMILES string of the molecule is COc1ccccc1-c1ccc2c(c1)c(C(=O)C1C(C)(C)C1(C)C)cn2CC1CCOCC1. The molecular formula is C29H35NO3. The largest absolute Gasteiger partial charge is 0.496 e. The first-order valence-electron chi connectivity index (χ1n) is 12.1. The Hall–Kier alpha value is -2.59. The molecule has 0 N–H and O–H groups in total. The third-order valence-electron chi connectivity index (χ3n) is 8.64. The van der Waals surface area contributed by atoms with Crippen LogP contribution in [0.5, 0.6) is 5.75 Å². The number of ketones is 1. The maximum Gasteiger partial charge on any atom is 0.169 e. The van der Waals surface area contributed by atoms with Gasteiger partial charge < -0.3 is 14.0 Å². The Bertz CT molecular complexity index is 1180. The number of hydrogen-bond acceptors (Lipinski definition) is 3. The Morgan fingerprint density at radius 2 is 1.76 bits per heavy atom. The highest BCUT2D eigenvalue weighted by Gasteiger charge is 2.68. The average molecular weight is 446 g/mol. The van der Waals surface area contributed by atoms with Crippen LogP contribution in [0.25, 0.3) is 22.0 Å². The second-order valence-electron chi connectivity index (χ2n) is 10.9. The molecule has 0 radical (unpaired) electrons. The Morgan fingerprint density at radius 3 is 2.42 bits per heavy atom. The zero-order chi connectivity index (χ0) is 23.4. The Kier molecular flexibility index (Phi) is 5.40. The third kappa shape index (κ3) is 3.59. The molecule has 1 aliphatic carbocycles. The van der Waals surface area contributed by atoms with Crippen molar-refractivity contribution >= 4 is 16.7 Å². The van der Waals surface area contributed by atoms with E-state index in [-0.39, 0.29) is 22.5 Å². The molecule has 0 atom stereocenters. The van der Waals surface area contributed by atoms with E-state index < -0.39 is 0 Å². The summed E-state index contributed by atoms with van der Waals surface area (Å²) in [5.41, 5.74) is 4.15. The van der Waals surface area contributed by atoms with Crippen molar-refractivity contribution in [3.8, 4) is 16.9 Å². The molecule has 0 spiro atoms. The topological polar surface area (TPSA) is 40.5 Å². The first-order valence-corrected chi connectivity index (χ1v) is 12.1. The van der Waals surface area contributed by atoms with Crippen LogP contribution in [0.1, 0.15) is 50.9 Å². The van der Waals surface area contributed by atoms with E-state index in [1.165, 1.54) is 0 Å². The van der Waals surface area contributed by atoms with Gasteiger partial charge in [-0.2, -0.15) is 0 Å². The van der Waals surface area contributed by atoms with Crippen LogP contribution in [0.4, 0.5) is 0 Å². The van der Waals surface area contributed by atoms with Gasteiger partial charge >= 0.3 is 0 Å². The number of methoxy groups -OCH3 is 1. The van der Waals surface area contributed by atoms with Gasteiger partial charge in [0, 0.05) is 53.9 Å². The molecule has 2 aliphatic rings. The van der Waals surface area contributed by atoms with Crippen LogP contribution < -0.4 is 4.74 Å². The number of hydrogen-bond donors (Lipinski definition) is 0.